The van der Waals surface area contributed by atoms with E-state index in [1.165, 1.54) is 212 Å². The lowest BCUT2D eigenvalue weighted by molar-refractivity contribution is -0.167. The summed E-state index contributed by atoms with van der Waals surface area (Å²) in [4.78, 5) is 38.0. The minimum atomic E-state index is -0.761. The molecule has 62 heavy (non-hydrogen) atoms. The Balaban J connectivity index is 4.23. The van der Waals surface area contributed by atoms with Gasteiger partial charge in [-0.3, -0.25) is 14.4 Å². The molecule has 6 heteroatoms. The molecule has 0 aromatic heterocycles. The second-order valence-corrected chi connectivity index (χ2v) is 19.7. The average molecular weight is 877 g/mol. The van der Waals surface area contributed by atoms with Gasteiger partial charge in [0, 0.05) is 19.3 Å². The fraction of sp³-hybridized carbons (Fsp3) is 0.946. The monoisotopic (exact) mass is 877 g/mol. The van der Waals surface area contributed by atoms with E-state index in [-0.39, 0.29) is 31.1 Å². The highest BCUT2D eigenvalue weighted by Gasteiger charge is 2.19. The molecular weight excluding hydrogens is 769 g/mol. The van der Waals surface area contributed by atoms with E-state index in [0.29, 0.717) is 19.3 Å². The Hall–Kier alpha value is -1.59. The van der Waals surface area contributed by atoms with Crippen LogP contribution >= 0.6 is 0 Å². The second kappa shape index (κ2) is 50.4. The minimum absolute atomic E-state index is 0.0623. The van der Waals surface area contributed by atoms with E-state index >= 15 is 0 Å². The van der Waals surface area contributed by atoms with Crippen LogP contribution in [-0.2, 0) is 28.6 Å². The van der Waals surface area contributed by atoms with Gasteiger partial charge in [0.25, 0.3) is 0 Å². The summed E-state index contributed by atoms with van der Waals surface area (Å²) < 4.78 is 16.8. The third-order valence-electron chi connectivity index (χ3n) is 12.8. The van der Waals surface area contributed by atoms with Crippen molar-refractivity contribution >= 4 is 17.9 Å². The van der Waals surface area contributed by atoms with Crippen LogP contribution in [0.2, 0.25) is 0 Å². The van der Waals surface area contributed by atoms with Gasteiger partial charge in [-0.1, -0.05) is 278 Å². The molecule has 0 amide bonds. The first-order chi connectivity index (χ1) is 30.4. The molecule has 6 nitrogen and oxygen atoms in total. The smallest absolute Gasteiger partial charge is 0.306 e. The van der Waals surface area contributed by atoms with Crippen molar-refractivity contribution in [2.24, 2.45) is 5.92 Å². The topological polar surface area (TPSA) is 78.9 Å². The van der Waals surface area contributed by atoms with Crippen LogP contribution in [0.5, 0.6) is 0 Å². The molecule has 0 heterocycles. The maximum Gasteiger partial charge on any atom is 0.306 e. The number of rotatable bonds is 51. The van der Waals surface area contributed by atoms with Gasteiger partial charge in [-0.25, -0.2) is 0 Å². The molecule has 368 valence electrons. The maximum absolute atomic E-state index is 12.8. The van der Waals surface area contributed by atoms with E-state index in [0.717, 1.165) is 63.7 Å². The number of ether oxygens (including phenoxy) is 3. The Morgan fingerprint density at radius 3 is 0.790 bits per heavy atom. The van der Waals surface area contributed by atoms with Crippen molar-refractivity contribution in [3.63, 3.8) is 0 Å². The van der Waals surface area contributed by atoms with Crippen molar-refractivity contribution in [1.29, 1.82) is 0 Å². The van der Waals surface area contributed by atoms with Gasteiger partial charge in [0.1, 0.15) is 13.2 Å². The van der Waals surface area contributed by atoms with E-state index < -0.39 is 6.10 Å². The summed E-state index contributed by atoms with van der Waals surface area (Å²) in [5.74, 6) is -0.00899. The quantitative estimate of drug-likeness (QED) is 0.0344. The standard InChI is InChI=1S/C56H108O6/c1-5-7-9-11-13-15-17-18-19-20-21-22-23-24-28-32-36-40-44-48-55(58)61-51-53(50-60-54(57)47-43-39-35-31-16-14-12-10-8-6-2)62-56(59)49-45-41-37-33-29-26-25-27-30-34-38-42-46-52(3)4/h52-53H,5-51H2,1-4H3/t53-/m1/s1. The molecule has 0 bridgehead atoms. The first kappa shape index (κ1) is 60.4. The Kier molecular flexibility index (Phi) is 49.1. The highest BCUT2D eigenvalue weighted by Crippen LogP contribution is 2.18. The highest BCUT2D eigenvalue weighted by molar-refractivity contribution is 5.71. The summed E-state index contributed by atoms with van der Waals surface area (Å²) in [7, 11) is 0. The summed E-state index contributed by atoms with van der Waals surface area (Å²) in [6.07, 6.45) is 53.8. The van der Waals surface area contributed by atoms with Crippen LogP contribution in [0.4, 0.5) is 0 Å². The molecule has 0 fully saturated rings. The lowest BCUT2D eigenvalue weighted by Crippen LogP contribution is -2.30. The number of esters is 3. The van der Waals surface area contributed by atoms with Crippen LogP contribution in [-0.4, -0.2) is 37.2 Å². The molecule has 0 aliphatic carbocycles. The number of carbonyl (C=O) groups is 3. The minimum Gasteiger partial charge on any atom is -0.462 e. The maximum atomic E-state index is 12.8. The zero-order valence-electron chi connectivity index (χ0n) is 42.3. The predicted molar refractivity (Wildman–Crippen MR) is 266 cm³/mol. The lowest BCUT2D eigenvalue weighted by Gasteiger charge is -2.18. The van der Waals surface area contributed by atoms with Crippen LogP contribution in [0.3, 0.4) is 0 Å². The van der Waals surface area contributed by atoms with Gasteiger partial charge in [-0.2, -0.15) is 0 Å². The summed E-state index contributed by atoms with van der Waals surface area (Å²) in [5.41, 5.74) is 0. The molecule has 0 aromatic carbocycles. The molecule has 0 N–H and O–H groups in total. The molecule has 0 saturated heterocycles. The molecule has 0 aliphatic rings. The van der Waals surface area contributed by atoms with Gasteiger partial charge >= 0.3 is 17.9 Å². The van der Waals surface area contributed by atoms with E-state index in [1.54, 1.807) is 0 Å². The number of carbonyl (C=O) groups excluding carboxylic acids is 3. The lowest BCUT2D eigenvalue weighted by atomic mass is 10.0. The third-order valence-corrected chi connectivity index (χ3v) is 12.8. The van der Waals surface area contributed by atoms with Crippen molar-refractivity contribution in [2.45, 2.75) is 323 Å². The summed E-state index contributed by atoms with van der Waals surface area (Å²) >= 11 is 0. The van der Waals surface area contributed by atoms with Gasteiger partial charge in [0.15, 0.2) is 6.10 Å². The Morgan fingerprint density at radius 2 is 0.532 bits per heavy atom. The molecule has 0 spiro atoms. The van der Waals surface area contributed by atoms with Crippen LogP contribution < -0.4 is 0 Å². The number of hydrogen-bond acceptors (Lipinski definition) is 6. The van der Waals surface area contributed by atoms with Gasteiger partial charge in [-0.05, 0) is 25.2 Å². The van der Waals surface area contributed by atoms with Crippen molar-refractivity contribution < 1.29 is 28.6 Å². The van der Waals surface area contributed by atoms with Gasteiger partial charge in [-0.15, -0.1) is 0 Å². The number of unbranched alkanes of at least 4 members (excludes halogenated alkanes) is 38. The van der Waals surface area contributed by atoms with E-state index in [2.05, 4.69) is 27.7 Å². The Labute approximate surface area is 387 Å². The molecule has 0 aliphatic heterocycles. The first-order valence-electron chi connectivity index (χ1n) is 27.9. The van der Waals surface area contributed by atoms with Gasteiger partial charge in [0.2, 0.25) is 0 Å². The summed E-state index contributed by atoms with van der Waals surface area (Å²) in [5, 5.41) is 0. The van der Waals surface area contributed by atoms with Crippen molar-refractivity contribution in [3.8, 4) is 0 Å². The van der Waals surface area contributed by atoms with Crippen LogP contribution in [0.1, 0.15) is 317 Å². The second-order valence-electron chi connectivity index (χ2n) is 19.7. The Bertz CT molecular complexity index is 933. The van der Waals surface area contributed by atoms with Crippen molar-refractivity contribution in [3.05, 3.63) is 0 Å². The molecule has 0 aromatic rings. The Morgan fingerprint density at radius 1 is 0.306 bits per heavy atom. The zero-order chi connectivity index (χ0) is 45.2. The van der Waals surface area contributed by atoms with E-state index in [9.17, 15) is 14.4 Å². The van der Waals surface area contributed by atoms with Crippen molar-refractivity contribution in [2.75, 3.05) is 13.2 Å². The van der Waals surface area contributed by atoms with Gasteiger partial charge in [0.05, 0.1) is 0 Å². The molecule has 0 rings (SSSR count). The van der Waals surface area contributed by atoms with Crippen LogP contribution in [0.15, 0.2) is 0 Å². The highest BCUT2D eigenvalue weighted by atomic mass is 16.6. The fourth-order valence-electron chi connectivity index (χ4n) is 8.57. The van der Waals surface area contributed by atoms with Gasteiger partial charge < -0.3 is 14.2 Å². The summed E-state index contributed by atoms with van der Waals surface area (Å²) in [6, 6.07) is 0. The molecular formula is C56H108O6. The van der Waals surface area contributed by atoms with E-state index in [1.807, 2.05) is 0 Å². The molecule has 0 radical (unpaired) electrons. The first-order valence-corrected chi connectivity index (χ1v) is 27.9. The van der Waals surface area contributed by atoms with Crippen LogP contribution in [0.25, 0.3) is 0 Å². The molecule has 0 unspecified atom stereocenters. The average Bonchev–Trinajstić information content (AvgIpc) is 3.26. The SMILES string of the molecule is CCCCCCCCCCCCCCCCCCCCCC(=O)OC[C@@H](COC(=O)CCCCCCCCCCCC)OC(=O)CCCCCCCCCCCCCCC(C)C. The van der Waals surface area contributed by atoms with Crippen LogP contribution in [0, 0.1) is 5.92 Å². The van der Waals surface area contributed by atoms with E-state index in [4.69, 9.17) is 14.2 Å². The zero-order valence-corrected chi connectivity index (χ0v) is 42.3. The molecule has 1 atom stereocenters. The third kappa shape index (κ3) is 49.4. The molecule has 0 saturated carbocycles. The normalized spacial score (nSPS) is 12.0. The number of hydrogen-bond donors (Lipinski definition) is 0. The predicted octanol–water partition coefficient (Wildman–Crippen LogP) is 18.2. The largest absolute Gasteiger partial charge is 0.462 e. The summed E-state index contributed by atoms with van der Waals surface area (Å²) in [6.45, 7) is 9.04. The fourth-order valence-corrected chi connectivity index (χ4v) is 8.57. The van der Waals surface area contributed by atoms with Crippen molar-refractivity contribution in [1.82, 2.24) is 0 Å².